The van der Waals surface area contributed by atoms with Crippen LogP contribution in [0.25, 0.3) is 0 Å². The second kappa shape index (κ2) is 10.0. The van der Waals surface area contributed by atoms with Crippen molar-refractivity contribution >= 4 is 17.9 Å². The topological polar surface area (TPSA) is 128 Å². The average molecular weight is 289 g/mol. The number of carboxylic acid groups (broad SMARTS) is 1. The van der Waals surface area contributed by atoms with Crippen LogP contribution in [0.15, 0.2) is 0 Å². The van der Waals surface area contributed by atoms with Gasteiger partial charge in [-0.25, -0.2) is 9.59 Å². The van der Waals surface area contributed by atoms with Gasteiger partial charge in [-0.1, -0.05) is 13.8 Å². The minimum atomic E-state index is -1.22. The first-order chi connectivity index (χ1) is 9.36. The van der Waals surface area contributed by atoms with Crippen molar-refractivity contribution in [1.29, 1.82) is 0 Å². The van der Waals surface area contributed by atoms with Crippen LogP contribution in [0.2, 0.25) is 0 Å². The summed E-state index contributed by atoms with van der Waals surface area (Å²) in [6, 6.07) is -1.82. The van der Waals surface area contributed by atoms with Crippen LogP contribution in [-0.2, 0) is 9.59 Å². The summed E-state index contributed by atoms with van der Waals surface area (Å²) in [5.41, 5.74) is 0. The molecule has 0 aromatic rings. The quantitative estimate of drug-likeness (QED) is 0.383. The minimum absolute atomic E-state index is 0.0718. The maximum absolute atomic E-state index is 11.4. The van der Waals surface area contributed by atoms with E-state index in [1.54, 1.807) is 0 Å². The highest BCUT2D eigenvalue weighted by Gasteiger charge is 2.18. The average Bonchev–Trinajstić information content (AvgIpc) is 2.35. The van der Waals surface area contributed by atoms with Gasteiger partial charge in [-0.2, -0.15) is 0 Å². The molecule has 0 spiro atoms. The molecular formula is C12H23N3O5. The number of hydrogen-bond acceptors (Lipinski definition) is 4. The molecule has 0 rings (SSSR count). The van der Waals surface area contributed by atoms with Gasteiger partial charge in [0.05, 0.1) is 0 Å². The number of carbonyl (C=O) groups is 3. The summed E-state index contributed by atoms with van der Waals surface area (Å²) >= 11 is 0. The Labute approximate surface area is 117 Å². The second-order valence-electron chi connectivity index (χ2n) is 4.75. The Morgan fingerprint density at radius 3 is 2.30 bits per heavy atom. The molecule has 0 aromatic carbocycles. The molecule has 0 aliphatic carbocycles. The first-order valence-corrected chi connectivity index (χ1v) is 6.51. The summed E-state index contributed by atoms with van der Waals surface area (Å²) in [7, 11) is 0. The molecule has 116 valence electrons. The van der Waals surface area contributed by atoms with Crippen LogP contribution < -0.4 is 16.0 Å². The lowest BCUT2D eigenvalue weighted by Crippen LogP contribution is -2.47. The molecule has 8 heteroatoms. The van der Waals surface area contributed by atoms with E-state index in [1.165, 1.54) is 0 Å². The molecule has 0 radical (unpaired) electrons. The highest BCUT2D eigenvalue weighted by molar-refractivity contribution is 5.83. The molecule has 0 saturated heterocycles. The molecule has 8 nitrogen and oxygen atoms in total. The molecule has 0 saturated carbocycles. The Balaban J connectivity index is 3.87. The number of carboxylic acids is 1. The van der Waals surface area contributed by atoms with Gasteiger partial charge in [0.25, 0.3) is 0 Å². The molecule has 0 heterocycles. The molecule has 0 aliphatic rings. The van der Waals surface area contributed by atoms with Gasteiger partial charge in [0.15, 0.2) is 0 Å². The standard InChI is InChI=1S/C12H23N3O5/c1-8(2)7-14-10(17)3-5-13-12(20)15-9(4-6-16)11(18)19/h8-9,16H,3-7H2,1-2H3,(H,14,17)(H,18,19)(H2,13,15,20)/t9-/m0/s1. The Hall–Kier alpha value is -1.83. The number of aliphatic hydroxyl groups is 1. The Kier molecular flexibility index (Phi) is 9.10. The summed E-state index contributed by atoms with van der Waals surface area (Å²) < 4.78 is 0. The number of urea groups is 1. The summed E-state index contributed by atoms with van der Waals surface area (Å²) in [6.07, 6.45) is 0.0511. The van der Waals surface area contributed by atoms with Crippen LogP contribution in [-0.4, -0.2) is 53.9 Å². The summed E-state index contributed by atoms with van der Waals surface area (Å²) in [4.78, 5) is 33.5. The first kappa shape index (κ1) is 18.2. The zero-order valence-corrected chi connectivity index (χ0v) is 11.8. The number of amides is 3. The van der Waals surface area contributed by atoms with E-state index in [0.29, 0.717) is 12.5 Å². The number of hydrogen-bond donors (Lipinski definition) is 5. The third kappa shape index (κ3) is 9.15. The molecule has 5 N–H and O–H groups in total. The predicted octanol–water partition coefficient (Wildman–Crippen LogP) is -0.716. The molecule has 3 amide bonds. The van der Waals surface area contributed by atoms with Gasteiger partial charge < -0.3 is 26.2 Å². The summed E-state index contributed by atoms with van der Waals surface area (Å²) in [5.74, 6) is -1.04. The molecule has 0 aliphatic heterocycles. The van der Waals surface area contributed by atoms with Gasteiger partial charge >= 0.3 is 12.0 Å². The fraction of sp³-hybridized carbons (Fsp3) is 0.750. The smallest absolute Gasteiger partial charge is 0.326 e. The lowest BCUT2D eigenvalue weighted by molar-refractivity contribution is -0.139. The first-order valence-electron chi connectivity index (χ1n) is 6.51. The Morgan fingerprint density at radius 2 is 1.80 bits per heavy atom. The Bertz CT molecular complexity index is 333. The van der Waals surface area contributed by atoms with E-state index in [-0.39, 0.29) is 31.9 Å². The molecule has 0 unspecified atom stereocenters. The molecular weight excluding hydrogens is 266 g/mol. The van der Waals surface area contributed by atoms with Crippen molar-refractivity contribution < 1.29 is 24.6 Å². The van der Waals surface area contributed by atoms with Crippen LogP contribution in [0.3, 0.4) is 0 Å². The van der Waals surface area contributed by atoms with Crippen LogP contribution in [0, 0.1) is 5.92 Å². The summed E-state index contributed by atoms with van der Waals surface area (Å²) in [5, 5.41) is 24.7. The molecule has 0 fully saturated rings. The molecule has 0 aromatic heterocycles. The van der Waals surface area contributed by atoms with E-state index >= 15 is 0 Å². The van der Waals surface area contributed by atoms with Crippen molar-refractivity contribution in [3.63, 3.8) is 0 Å². The van der Waals surface area contributed by atoms with Gasteiger partial charge in [0.2, 0.25) is 5.91 Å². The van der Waals surface area contributed by atoms with Gasteiger partial charge in [-0.05, 0) is 5.92 Å². The second-order valence-corrected chi connectivity index (χ2v) is 4.75. The highest BCUT2D eigenvalue weighted by atomic mass is 16.4. The van der Waals surface area contributed by atoms with E-state index in [9.17, 15) is 14.4 Å². The number of rotatable bonds is 9. The van der Waals surface area contributed by atoms with Crippen LogP contribution >= 0.6 is 0 Å². The van der Waals surface area contributed by atoms with Crippen molar-refractivity contribution in [3.8, 4) is 0 Å². The fourth-order valence-corrected chi connectivity index (χ4v) is 1.29. The van der Waals surface area contributed by atoms with E-state index in [4.69, 9.17) is 10.2 Å². The number of carbonyl (C=O) groups excluding carboxylic acids is 2. The van der Waals surface area contributed by atoms with Crippen molar-refractivity contribution in [2.24, 2.45) is 5.92 Å². The largest absolute Gasteiger partial charge is 0.480 e. The van der Waals surface area contributed by atoms with Crippen LogP contribution in [0.1, 0.15) is 26.7 Å². The lowest BCUT2D eigenvalue weighted by Gasteiger charge is -2.14. The van der Waals surface area contributed by atoms with E-state index < -0.39 is 18.0 Å². The van der Waals surface area contributed by atoms with Crippen LogP contribution in [0.4, 0.5) is 4.79 Å². The zero-order valence-electron chi connectivity index (χ0n) is 11.8. The molecule has 20 heavy (non-hydrogen) atoms. The van der Waals surface area contributed by atoms with E-state index in [2.05, 4.69) is 16.0 Å². The third-order valence-electron chi connectivity index (χ3n) is 2.37. The summed E-state index contributed by atoms with van der Waals surface area (Å²) in [6.45, 7) is 4.29. The third-order valence-corrected chi connectivity index (χ3v) is 2.37. The lowest BCUT2D eigenvalue weighted by atomic mass is 10.2. The van der Waals surface area contributed by atoms with Crippen molar-refractivity contribution in [1.82, 2.24) is 16.0 Å². The van der Waals surface area contributed by atoms with Gasteiger partial charge in [0.1, 0.15) is 6.04 Å². The van der Waals surface area contributed by atoms with E-state index in [0.717, 1.165) is 0 Å². The van der Waals surface area contributed by atoms with Crippen molar-refractivity contribution in [2.75, 3.05) is 19.7 Å². The maximum atomic E-state index is 11.4. The van der Waals surface area contributed by atoms with Gasteiger partial charge in [0, 0.05) is 32.5 Å². The molecule has 1 atom stereocenters. The zero-order chi connectivity index (χ0) is 15.5. The normalized spacial score (nSPS) is 11.8. The molecule has 0 bridgehead atoms. The predicted molar refractivity (Wildman–Crippen MR) is 72.1 cm³/mol. The van der Waals surface area contributed by atoms with Gasteiger partial charge in [-0.15, -0.1) is 0 Å². The van der Waals surface area contributed by atoms with Crippen LogP contribution in [0.5, 0.6) is 0 Å². The minimum Gasteiger partial charge on any atom is -0.480 e. The number of nitrogens with one attached hydrogen (secondary N) is 3. The van der Waals surface area contributed by atoms with Crippen molar-refractivity contribution in [2.45, 2.75) is 32.7 Å². The van der Waals surface area contributed by atoms with E-state index in [1.807, 2.05) is 13.8 Å². The number of aliphatic carboxylic acids is 1. The Morgan fingerprint density at radius 1 is 1.15 bits per heavy atom. The van der Waals surface area contributed by atoms with Crippen molar-refractivity contribution in [3.05, 3.63) is 0 Å². The number of aliphatic hydroxyl groups excluding tert-OH is 1. The monoisotopic (exact) mass is 289 g/mol. The fourth-order valence-electron chi connectivity index (χ4n) is 1.29. The maximum Gasteiger partial charge on any atom is 0.326 e. The highest BCUT2D eigenvalue weighted by Crippen LogP contribution is 1.91. The van der Waals surface area contributed by atoms with Gasteiger partial charge in [-0.3, -0.25) is 4.79 Å². The SMILES string of the molecule is CC(C)CNC(=O)CCNC(=O)N[C@@H](CCO)C(=O)O.